The summed E-state index contributed by atoms with van der Waals surface area (Å²) >= 11 is 0. The zero-order valence-electron chi connectivity index (χ0n) is 12.3. The molecule has 116 valence electrons. The smallest absolute Gasteiger partial charge is 0.305 e. The zero-order valence-corrected chi connectivity index (χ0v) is 12.3. The van der Waals surface area contributed by atoms with Crippen molar-refractivity contribution in [1.82, 2.24) is 5.32 Å². The van der Waals surface area contributed by atoms with Crippen LogP contribution >= 0.6 is 0 Å². The van der Waals surface area contributed by atoms with Crippen LogP contribution in [0.5, 0.6) is 5.75 Å². The highest BCUT2D eigenvalue weighted by atomic mass is 16.5. The molecule has 0 saturated carbocycles. The van der Waals surface area contributed by atoms with Crippen LogP contribution in [0.4, 0.5) is 0 Å². The van der Waals surface area contributed by atoms with Gasteiger partial charge >= 0.3 is 5.97 Å². The molecule has 0 fully saturated rings. The van der Waals surface area contributed by atoms with Gasteiger partial charge in [-0.1, -0.05) is 0 Å². The van der Waals surface area contributed by atoms with E-state index < -0.39 is 12.0 Å². The van der Waals surface area contributed by atoms with Crippen molar-refractivity contribution in [1.29, 1.82) is 0 Å². The third kappa shape index (κ3) is 5.93. The molecule has 2 N–H and O–H groups in total. The molecule has 1 rings (SSSR count). The zero-order chi connectivity index (χ0) is 15.7. The van der Waals surface area contributed by atoms with Gasteiger partial charge in [0.1, 0.15) is 5.75 Å². The molecule has 0 bridgehead atoms. The lowest BCUT2D eigenvalue weighted by molar-refractivity contribution is -0.137. The minimum absolute atomic E-state index is 0.253. The quantitative estimate of drug-likeness (QED) is 0.500. The first-order valence-electron chi connectivity index (χ1n) is 6.79. The highest BCUT2D eigenvalue weighted by molar-refractivity contribution is 6.01. The molecule has 0 aliphatic carbocycles. The number of methoxy groups -OCH3 is 1. The Morgan fingerprint density at radius 3 is 2.48 bits per heavy atom. The van der Waals surface area contributed by atoms with Gasteiger partial charge < -0.3 is 19.9 Å². The summed E-state index contributed by atoms with van der Waals surface area (Å²) in [7, 11) is 1.54. The summed E-state index contributed by atoms with van der Waals surface area (Å²) in [5.74, 6) is -0.600. The summed E-state index contributed by atoms with van der Waals surface area (Å²) in [6.07, 6.45) is -0.268. The normalized spacial score (nSPS) is 11.9. The van der Waals surface area contributed by atoms with Crippen molar-refractivity contribution in [3.05, 3.63) is 29.8 Å². The summed E-state index contributed by atoms with van der Waals surface area (Å²) < 4.78 is 10.2. The maximum atomic E-state index is 12.3. The number of nitrogens with one attached hydrogen (secondary N) is 1. The van der Waals surface area contributed by atoms with Gasteiger partial charge in [-0.3, -0.25) is 9.59 Å². The van der Waals surface area contributed by atoms with Crippen LogP contribution in [0.25, 0.3) is 0 Å². The van der Waals surface area contributed by atoms with E-state index in [0.717, 1.165) is 0 Å². The Balaban J connectivity index is 2.75. The Bertz CT molecular complexity index is 458. The number of aliphatic carboxylic acids is 1. The number of carbonyl (C=O) groups is 2. The number of carboxylic acid groups (broad SMARTS) is 1. The number of carboxylic acids is 1. The van der Waals surface area contributed by atoms with Crippen LogP contribution in [-0.4, -0.2) is 49.8 Å². The first kappa shape index (κ1) is 17.1. The Morgan fingerprint density at radius 1 is 1.29 bits per heavy atom. The Hall–Kier alpha value is -1.92. The van der Waals surface area contributed by atoms with E-state index >= 15 is 0 Å². The van der Waals surface area contributed by atoms with Crippen molar-refractivity contribution in [3.8, 4) is 5.75 Å². The van der Waals surface area contributed by atoms with Gasteiger partial charge in [-0.15, -0.1) is 0 Å². The summed E-state index contributed by atoms with van der Waals surface area (Å²) in [6, 6.07) is 5.91. The lowest BCUT2D eigenvalue weighted by atomic mass is 10.0. The van der Waals surface area contributed by atoms with E-state index in [2.05, 4.69) is 5.32 Å². The number of Topliss-reactive ketones (excluding diaryl/α,β-unsaturated/α-hetero) is 1. The van der Waals surface area contributed by atoms with Crippen LogP contribution in [-0.2, 0) is 9.53 Å². The molecule has 0 radical (unpaired) electrons. The van der Waals surface area contributed by atoms with Crippen LogP contribution in [0.2, 0.25) is 0 Å². The lowest BCUT2D eigenvalue weighted by Gasteiger charge is -2.16. The first-order valence-corrected chi connectivity index (χ1v) is 6.79. The predicted octanol–water partition coefficient (Wildman–Crippen LogP) is 1.35. The molecule has 1 unspecified atom stereocenters. The van der Waals surface area contributed by atoms with Crippen LogP contribution in [0.15, 0.2) is 24.3 Å². The second-order valence-corrected chi connectivity index (χ2v) is 4.42. The monoisotopic (exact) mass is 295 g/mol. The molecule has 0 saturated heterocycles. The molecule has 6 heteroatoms. The fraction of sp³-hybridized carbons (Fsp3) is 0.467. The second-order valence-electron chi connectivity index (χ2n) is 4.42. The molecule has 21 heavy (non-hydrogen) atoms. The van der Waals surface area contributed by atoms with Gasteiger partial charge in [0.2, 0.25) is 0 Å². The third-order valence-electron chi connectivity index (χ3n) is 2.84. The summed E-state index contributed by atoms with van der Waals surface area (Å²) in [5.41, 5.74) is 0.453. The van der Waals surface area contributed by atoms with Crippen LogP contribution in [0, 0.1) is 0 Å². The second kappa shape index (κ2) is 9.10. The molecule has 1 atom stereocenters. The van der Waals surface area contributed by atoms with Gasteiger partial charge in [0.25, 0.3) is 0 Å². The number of carbonyl (C=O) groups excluding carboxylic acids is 1. The number of rotatable bonds is 10. The largest absolute Gasteiger partial charge is 0.494 e. The van der Waals surface area contributed by atoms with Crippen molar-refractivity contribution < 1.29 is 24.2 Å². The lowest BCUT2D eigenvalue weighted by Crippen LogP contribution is -2.40. The van der Waals surface area contributed by atoms with Gasteiger partial charge in [0, 0.05) is 19.2 Å². The Kier molecular flexibility index (Phi) is 7.42. The van der Waals surface area contributed by atoms with Crippen molar-refractivity contribution >= 4 is 11.8 Å². The van der Waals surface area contributed by atoms with Crippen LogP contribution < -0.4 is 10.1 Å². The van der Waals surface area contributed by atoms with E-state index in [0.29, 0.717) is 31.1 Å². The van der Waals surface area contributed by atoms with Crippen molar-refractivity contribution in [2.24, 2.45) is 0 Å². The number of ether oxygens (including phenoxy) is 2. The molecule has 1 aromatic rings. The molecule has 0 aliphatic rings. The molecule has 0 spiro atoms. The Labute approximate surface area is 124 Å². The van der Waals surface area contributed by atoms with Crippen molar-refractivity contribution in [3.63, 3.8) is 0 Å². The number of benzene rings is 1. The fourth-order valence-electron chi connectivity index (χ4n) is 1.85. The molecule has 0 aliphatic heterocycles. The molecule has 0 amide bonds. The van der Waals surface area contributed by atoms with E-state index in [-0.39, 0.29) is 12.2 Å². The highest BCUT2D eigenvalue weighted by Crippen LogP contribution is 2.14. The van der Waals surface area contributed by atoms with E-state index in [1.54, 1.807) is 31.4 Å². The highest BCUT2D eigenvalue weighted by Gasteiger charge is 2.22. The van der Waals surface area contributed by atoms with Crippen LogP contribution in [0.1, 0.15) is 23.7 Å². The molecular formula is C15H21NO5. The summed E-state index contributed by atoms with van der Waals surface area (Å²) in [6.45, 7) is 3.25. The summed E-state index contributed by atoms with van der Waals surface area (Å²) in [5, 5.41) is 11.8. The number of hydrogen-bond acceptors (Lipinski definition) is 5. The van der Waals surface area contributed by atoms with Gasteiger partial charge in [-0.05, 0) is 31.2 Å². The average Bonchev–Trinajstić information content (AvgIpc) is 2.46. The van der Waals surface area contributed by atoms with Gasteiger partial charge in [-0.25, -0.2) is 0 Å². The standard InChI is InChI=1S/C15H21NO5/c1-3-21-12-6-4-11(5-7-12)15(19)13(10-14(17)18)16-8-9-20-2/h4-7,13,16H,3,8-10H2,1-2H3,(H,17,18). The van der Waals surface area contributed by atoms with Gasteiger partial charge in [0.05, 0.1) is 25.7 Å². The number of hydrogen-bond donors (Lipinski definition) is 2. The van der Waals surface area contributed by atoms with E-state index in [1.807, 2.05) is 6.92 Å². The topological polar surface area (TPSA) is 84.9 Å². The molecule has 1 aromatic carbocycles. The maximum absolute atomic E-state index is 12.3. The van der Waals surface area contributed by atoms with Gasteiger partial charge in [-0.2, -0.15) is 0 Å². The average molecular weight is 295 g/mol. The van der Waals surface area contributed by atoms with Crippen LogP contribution in [0.3, 0.4) is 0 Å². The number of ketones is 1. The van der Waals surface area contributed by atoms with Crippen molar-refractivity contribution in [2.75, 3.05) is 26.9 Å². The fourth-order valence-corrected chi connectivity index (χ4v) is 1.85. The minimum Gasteiger partial charge on any atom is -0.494 e. The van der Waals surface area contributed by atoms with E-state index in [9.17, 15) is 9.59 Å². The van der Waals surface area contributed by atoms with Crippen molar-refractivity contribution in [2.45, 2.75) is 19.4 Å². The van der Waals surface area contributed by atoms with E-state index in [1.165, 1.54) is 0 Å². The molecule has 6 nitrogen and oxygen atoms in total. The van der Waals surface area contributed by atoms with E-state index in [4.69, 9.17) is 14.6 Å². The van der Waals surface area contributed by atoms with Gasteiger partial charge in [0.15, 0.2) is 5.78 Å². The SMILES string of the molecule is CCOc1ccc(C(=O)C(CC(=O)O)NCCOC)cc1. The maximum Gasteiger partial charge on any atom is 0.305 e. The Morgan fingerprint density at radius 2 is 1.95 bits per heavy atom. The third-order valence-corrected chi connectivity index (χ3v) is 2.84. The first-order chi connectivity index (χ1) is 10.1. The molecular weight excluding hydrogens is 274 g/mol. The molecule has 0 aromatic heterocycles. The minimum atomic E-state index is -1.02. The predicted molar refractivity (Wildman–Crippen MR) is 77.9 cm³/mol. The summed E-state index contributed by atoms with van der Waals surface area (Å²) in [4.78, 5) is 23.2. The molecule has 0 heterocycles.